The second kappa shape index (κ2) is 12.1. The largest absolute Gasteiger partial charge is 0.505 e. The standard InChI is InChI=1S/C22H15N5O17S4/c28-20-13(7-11(27(31)32)8-16(20)48(42,43)44)24-26-19-15(47(39,40)41)5-9-4-14(46(36,37)38)18(21(29)17(9)22(19)30)25-23-10-2-1-3-12(6-10)45(33,34)35/h1-8,28-30H,(H,33,34,35)(H,36,37,38)(H,39,40,41)(H,42,43,44). The van der Waals surface area contributed by atoms with Gasteiger partial charge >= 0.3 is 0 Å². The molecule has 0 bridgehead atoms. The Kier molecular flexibility index (Phi) is 8.98. The smallest absolute Gasteiger partial charge is 0.298 e. The van der Waals surface area contributed by atoms with Crippen molar-refractivity contribution in [3.63, 3.8) is 0 Å². The van der Waals surface area contributed by atoms with E-state index in [2.05, 4.69) is 20.5 Å². The Hall–Kier alpha value is -5.22. The van der Waals surface area contributed by atoms with Crippen LogP contribution in [0, 0.1) is 10.1 Å². The number of non-ortho nitro benzene ring substituents is 1. The zero-order valence-corrected chi connectivity index (χ0v) is 26.0. The maximum atomic E-state index is 12.2. The molecule has 0 heterocycles. The molecule has 26 heteroatoms. The Bertz CT molecular complexity index is 2570. The van der Waals surface area contributed by atoms with Gasteiger partial charge in [-0.2, -0.15) is 38.8 Å². The van der Waals surface area contributed by atoms with Crippen LogP contribution in [-0.4, -0.2) is 72.1 Å². The minimum absolute atomic E-state index is 0.237. The first kappa shape index (κ1) is 35.6. The van der Waals surface area contributed by atoms with Gasteiger partial charge in [0.05, 0.1) is 20.9 Å². The van der Waals surface area contributed by atoms with E-state index in [0.29, 0.717) is 18.2 Å². The highest BCUT2D eigenvalue weighted by atomic mass is 32.2. The van der Waals surface area contributed by atoms with Crippen molar-refractivity contribution in [1.29, 1.82) is 0 Å². The molecule has 0 aliphatic carbocycles. The molecule has 0 spiro atoms. The molecule has 4 aromatic carbocycles. The fraction of sp³-hybridized carbons (Fsp3) is 0. The number of hydrogen-bond acceptors (Lipinski definition) is 17. The maximum absolute atomic E-state index is 12.2. The Labute approximate surface area is 267 Å². The highest BCUT2D eigenvalue weighted by molar-refractivity contribution is 7.86. The maximum Gasteiger partial charge on any atom is 0.298 e. The quantitative estimate of drug-likeness (QED) is 0.0555. The lowest BCUT2D eigenvalue weighted by Gasteiger charge is -2.13. The molecule has 254 valence electrons. The van der Waals surface area contributed by atoms with Crippen LogP contribution in [0.2, 0.25) is 0 Å². The van der Waals surface area contributed by atoms with Crippen molar-refractivity contribution in [2.75, 3.05) is 0 Å². The van der Waals surface area contributed by atoms with Gasteiger partial charge in [-0.25, -0.2) is 0 Å². The number of nitrogens with zero attached hydrogens (tertiary/aromatic N) is 5. The van der Waals surface area contributed by atoms with Gasteiger partial charge in [-0.15, -0.1) is 15.3 Å². The van der Waals surface area contributed by atoms with E-state index in [1.165, 1.54) is 0 Å². The van der Waals surface area contributed by atoms with Crippen LogP contribution in [-0.2, 0) is 40.5 Å². The first-order valence-corrected chi connectivity index (χ1v) is 17.6. The van der Waals surface area contributed by atoms with Crippen molar-refractivity contribution in [1.82, 2.24) is 0 Å². The number of nitro benzene ring substituents is 1. The van der Waals surface area contributed by atoms with E-state index in [4.69, 9.17) is 0 Å². The first-order chi connectivity index (χ1) is 21.9. The molecule has 4 aromatic rings. The Morgan fingerprint density at radius 1 is 0.583 bits per heavy atom. The van der Waals surface area contributed by atoms with Crippen molar-refractivity contribution in [2.45, 2.75) is 19.6 Å². The van der Waals surface area contributed by atoms with Crippen molar-refractivity contribution >= 4 is 79.7 Å². The average Bonchev–Trinajstić information content (AvgIpc) is 2.94. The van der Waals surface area contributed by atoms with Crippen LogP contribution in [0.25, 0.3) is 10.8 Å². The van der Waals surface area contributed by atoms with Crippen LogP contribution < -0.4 is 0 Å². The molecule has 0 fully saturated rings. The van der Waals surface area contributed by atoms with Gasteiger partial charge in [0.2, 0.25) is 0 Å². The lowest BCUT2D eigenvalue weighted by molar-refractivity contribution is -0.385. The summed E-state index contributed by atoms with van der Waals surface area (Å²) in [6, 6.07) is 5.39. The molecule has 7 N–H and O–H groups in total. The van der Waals surface area contributed by atoms with Crippen LogP contribution >= 0.6 is 0 Å². The topological polar surface area (TPSA) is 371 Å². The van der Waals surface area contributed by atoms with Gasteiger partial charge in [-0.1, -0.05) is 6.07 Å². The fourth-order valence-electron chi connectivity index (χ4n) is 3.92. The predicted molar refractivity (Wildman–Crippen MR) is 156 cm³/mol. The highest BCUT2D eigenvalue weighted by Crippen LogP contribution is 2.50. The van der Waals surface area contributed by atoms with E-state index < -0.39 is 116 Å². The molecular weight excluding hydrogens is 735 g/mol. The number of benzene rings is 4. The van der Waals surface area contributed by atoms with Crippen molar-refractivity contribution in [2.24, 2.45) is 20.5 Å². The normalized spacial score (nSPS) is 13.1. The Balaban J connectivity index is 2.05. The average molecular weight is 750 g/mol. The number of phenols is 3. The number of azo groups is 2. The molecule has 4 rings (SSSR count). The van der Waals surface area contributed by atoms with Crippen LogP contribution in [0.1, 0.15) is 0 Å². The molecule has 0 atom stereocenters. The van der Waals surface area contributed by atoms with Gasteiger partial charge in [-0.3, -0.25) is 28.3 Å². The molecule has 0 radical (unpaired) electrons. The molecule has 22 nitrogen and oxygen atoms in total. The van der Waals surface area contributed by atoms with Gasteiger partial charge < -0.3 is 15.3 Å². The second-order valence-electron chi connectivity index (χ2n) is 9.11. The summed E-state index contributed by atoms with van der Waals surface area (Å²) in [5.74, 6) is -4.24. The third-order valence-corrected chi connectivity index (χ3v) is 9.42. The van der Waals surface area contributed by atoms with Gasteiger partial charge in [0.25, 0.3) is 46.2 Å². The van der Waals surface area contributed by atoms with Crippen molar-refractivity contribution in [3.8, 4) is 17.2 Å². The van der Waals surface area contributed by atoms with E-state index in [-0.39, 0.29) is 11.8 Å². The van der Waals surface area contributed by atoms with Gasteiger partial charge in [0.15, 0.2) is 17.2 Å². The Morgan fingerprint density at radius 2 is 1.08 bits per heavy atom. The van der Waals surface area contributed by atoms with Gasteiger partial charge in [-0.05, 0) is 35.7 Å². The molecule has 48 heavy (non-hydrogen) atoms. The molecular formula is C22H15N5O17S4. The zero-order chi connectivity index (χ0) is 36.1. The summed E-state index contributed by atoms with van der Waals surface area (Å²) >= 11 is 0. The molecule has 0 aromatic heterocycles. The number of nitro groups is 1. The monoisotopic (exact) mass is 749 g/mol. The number of rotatable bonds is 9. The minimum atomic E-state index is -5.47. The van der Waals surface area contributed by atoms with E-state index in [0.717, 1.165) is 24.3 Å². The second-order valence-corrected chi connectivity index (χ2v) is 14.7. The molecule has 0 aliphatic rings. The molecule has 0 amide bonds. The molecule has 0 saturated carbocycles. The summed E-state index contributed by atoms with van der Waals surface area (Å²) in [4.78, 5) is 5.32. The molecule has 0 saturated heterocycles. The Morgan fingerprint density at radius 3 is 1.54 bits per heavy atom. The van der Waals surface area contributed by atoms with E-state index in [9.17, 15) is 77.3 Å². The predicted octanol–water partition coefficient (Wildman–Crippen LogP) is 3.68. The summed E-state index contributed by atoms with van der Waals surface area (Å²) < 4.78 is 133. The molecule has 0 aliphatic heterocycles. The van der Waals surface area contributed by atoms with Crippen LogP contribution in [0.15, 0.2) is 88.6 Å². The van der Waals surface area contributed by atoms with Crippen molar-refractivity contribution in [3.05, 3.63) is 58.6 Å². The summed E-state index contributed by atoms with van der Waals surface area (Å²) in [7, 11) is -20.9. The summed E-state index contributed by atoms with van der Waals surface area (Å²) in [6.45, 7) is 0. The van der Waals surface area contributed by atoms with E-state index in [1.54, 1.807) is 0 Å². The number of hydrogen-bond donors (Lipinski definition) is 7. The zero-order valence-electron chi connectivity index (χ0n) is 22.7. The van der Waals surface area contributed by atoms with Gasteiger partial charge in [0.1, 0.15) is 31.7 Å². The summed E-state index contributed by atoms with van der Waals surface area (Å²) in [6.07, 6.45) is 0. The summed E-state index contributed by atoms with van der Waals surface area (Å²) in [5.41, 5.74) is -5.01. The third-order valence-electron chi connectivity index (χ3n) is 5.97. The lowest BCUT2D eigenvalue weighted by Crippen LogP contribution is -2.02. The lowest BCUT2D eigenvalue weighted by atomic mass is 10.1. The minimum Gasteiger partial charge on any atom is -0.505 e. The number of phenolic OH excluding ortho intramolecular Hbond substituents is 3. The van der Waals surface area contributed by atoms with Crippen molar-refractivity contribution < 1.29 is 72.1 Å². The molecule has 0 unspecified atom stereocenters. The number of fused-ring (bicyclic) bond motifs is 1. The first-order valence-electron chi connectivity index (χ1n) is 11.8. The highest BCUT2D eigenvalue weighted by Gasteiger charge is 2.30. The van der Waals surface area contributed by atoms with Crippen LogP contribution in [0.5, 0.6) is 17.2 Å². The fourth-order valence-corrected chi connectivity index (χ4v) is 6.38. The third kappa shape index (κ3) is 7.18. The van der Waals surface area contributed by atoms with Gasteiger partial charge in [0, 0.05) is 12.1 Å². The SMILES string of the molecule is O=[N+]([O-])c1cc(N=Nc2c(S(=O)(=O)O)cc3cc(S(=O)(=O)O)c(N=Nc4cccc(S(=O)(=O)O)c4)c(O)c3c2O)c(O)c(S(=O)(=O)O)c1. The van der Waals surface area contributed by atoms with E-state index in [1.807, 2.05) is 0 Å². The van der Waals surface area contributed by atoms with E-state index >= 15 is 0 Å². The number of aromatic hydroxyl groups is 3. The van der Waals surface area contributed by atoms with Crippen LogP contribution in [0.3, 0.4) is 0 Å². The summed E-state index contributed by atoms with van der Waals surface area (Å²) in [5, 5.41) is 55.4. The van der Waals surface area contributed by atoms with Crippen LogP contribution in [0.4, 0.5) is 28.4 Å².